The number of aliphatic hydroxyl groups excluding tert-OH is 6. The third kappa shape index (κ3) is 6.91. The van der Waals surface area contributed by atoms with Gasteiger partial charge in [0.25, 0.3) is 0 Å². The zero-order valence-corrected chi connectivity index (χ0v) is 20.1. The first-order valence-corrected chi connectivity index (χ1v) is 12.1. The minimum Gasteiger partial charge on any atom is -0.394 e. The van der Waals surface area contributed by atoms with Gasteiger partial charge in [-0.05, 0) is 11.1 Å². The highest BCUT2D eigenvalue weighted by Crippen LogP contribution is 2.28. The molecule has 0 aliphatic carbocycles. The SMILES string of the molecule is OC[C@H]1O[C@@H](OC[C@H]2O[C@H](O)[C@H](OCc3ccccc3)[C@@H](OCc3ccccc3)[C@@H]2O)[C@H](O)[C@@H](O)[C@H]1O. The summed E-state index contributed by atoms with van der Waals surface area (Å²) in [4.78, 5) is 0. The van der Waals surface area contributed by atoms with Crippen molar-refractivity contribution in [3.8, 4) is 0 Å². The Kier molecular flexibility index (Phi) is 9.98. The Morgan fingerprint density at radius 3 is 1.73 bits per heavy atom. The van der Waals surface area contributed by atoms with Gasteiger partial charge in [0, 0.05) is 0 Å². The van der Waals surface area contributed by atoms with Crippen LogP contribution in [-0.4, -0.2) is 105 Å². The van der Waals surface area contributed by atoms with E-state index in [1.54, 1.807) is 0 Å². The summed E-state index contributed by atoms with van der Waals surface area (Å²) >= 11 is 0. The molecule has 2 aromatic rings. The molecule has 2 fully saturated rings. The Morgan fingerprint density at radius 2 is 1.16 bits per heavy atom. The molecule has 2 saturated heterocycles. The van der Waals surface area contributed by atoms with Gasteiger partial charge in [-0.3, -0.25) is 0 Å². The van der Waals surface area contributed by atoms with Crippen molar-refractivity contribution in [2.45, 2.75) is 74.6 Å². The molecule has 2 aromatic carbocycles. The minimum absolute atomic E-state index is 0.140. The molecule has 2 aliphatic rings. The molecule has 204 valence electrons. The highest BCUT2D eigenvalue weighted by atomic mass is 16.7. The molecule has 0 spiro atoms. The van der Waals surface area contributed by atoms with Crippen LogP contribution in [-0.2, 0) is 36.9 Å². The number of benzene rings is 2. The molecule has 2 aliphatic heterocycles. The summed E-state index contributed by atoms with van der Waals surface area (Å²) in [5.41, 5.74) is 1.71. The summed E-state index contributed by atoms with van der Waals surface area (Å²) in [6, 6.07) is 18.6. The van der Waals surface area contributed by atoms with Crippen molar-refractivity contribution in [1.29, 1.82) is 0 Å². The van der Waals surface area contributed by atoms with Crippen LogP contribution in [0.15, 0.2) is 60.7 Å². The lowest BCUT2D eigenvalue weighted by atomic mass is 9.98. The molecule has 11 heteroatoms. The number of hydrogen-bond acceptors (Lipinski definition) is 11. The summed E-state index contributed by atoms with van der Waals surface area (Å²) in [5.74, 6) is 0. The molecule has 0 bridgehead atoms. The summed E-state index contributed by atoms with van der Waals surface area (Å²) in [5, 5.41) is 61.4. The van der Waals surface area contributed by atoms with E-state index < -0.39 is 68.0 Å². The summed E-state index contributed by atoms with van der Waals surface area (Å²) < 4.78 is 28.4. The van der Waals surface area contributed by atoms with E-state index in [2.05, 4.69) is 0 Å². The second-order valence-corrected chi connectivity index (χ2v) is 9.11. The lowest BCUT2D eigenvalue weighted by Gasteiger charge is -2.44. The number of aliphatic hydroxyl groups is 6. The van der Waals surface area contributed by atoms with Crippen LogP contribution in [0, 0.1) is 0 Å². The number of hydrogen-bond donors (Lipinski definition) is 6. The molecule has 2 heterocycles. The largest absolute Gasteiger partial charge is 0.394 e. The second-order valence-electron chi connectivity index (χ2n) is 9.11. The van der Waals surface area contributed by atoms with E-state index in [0.29, 0.717) is 0 Å². The van der Waals surface area contributed by atoms with E-state index in [9.17, 15) is 30.6 Å². The van der Waals surface area contributed by atoms with Gasteiger partial charge < -0.3 is 54.3 Å². The molecule has 0 radical (unpaired) electrons. The van der Waals surface area contributed by atoms with Crippen LogP contribution in [0.3, 0.4) is 0 Å². The summed E-state index contributed by atoms with van der Waals surface area (Å²) in [6.07, 6.45) is -13.3. The van der Waals surface area contributed by atoms with Gasteiger partial charge in [0.05, 0.1) is 26.4 Å². The lowest BCUT2D eigenvalue weighted by molar-refractivity contribution is -0.333. The average Bonchev–Trinajstić information content (AvgIpc) is 2.92. The average molecular weight is 523 g/mol. The van der Waals surface area contributed by atoms with E-state index in [-0.39, 0.29) is 19.8 Å². The van der Waals surface area contributed by atoms with Crippen LogP contribution in [0.2, 0.25) is 0 Å². The van der Waals surface area contributed by atoms with E-state index in [0.717, 1.165) is 11.1 Å². The second kappa shape index (κ2) is 13.2. The van der Waals surface area contributed by atoms with Gasteiger partial charge in [-0.25, -0.2) is 0 Å². The van der Waals surface area contributed by atoms with Crippen molar-refractivity contribution in [2.75, 3.05) is 13.2 Å². The maximum atomic E-state index is 11.1. The zero-order chi connectivity index (χ0) is 26.4. The highest BCUT2D eigenvalue weighted by molar-refractivity contribution is 5.14. The normalized spacial score (nSPS) is 36.4. The van der Waals surface area contributed by atoms with Crippen LogP contribution >= 0.6 is 0 Å². The Morgan fingerprint density at radius 1 is 0.595 bits per heavy atom. The molecule has 0 unspecified atom stereocenters. The molecule has 6 N–H and O–H groups in total. The first-order valence-electron chi connectivity index (χ1n) is 12.1. The topological polar surface area (TPSA) is 168 Å². The number of ether oxygens (including phenoxy) is 5. The molecule has 11 nitrogen and oxygen atoms in total. The van der Waals surface area contributed by atoms with E-state index >= 15 is 0 Å². The minimum atomic E-state index is -1.62. The fourth-order valence-corrected chi connectivity index (χ4v) is 4.34. The number of rotatable bonds is 10. The molecule has 0 saturated carbocycles. The molecular weight excluding hydrogens is 488 g/mol. The van der Waals surface area contributed by atoms with Gasteiger partial charge in [0.2, 0.25) is 0 Å². The molecule has 0 aromatic heterocycles. The monoisotopic (exact) mass is 522 g/mol. The van der Waals surface area contributed by atoms with Crippen molar-refractivity contribution in [3.05, 3.63) is 71.8 Å². The Hall–Kier alpha value is -2.00. The van der Waals surface area contributed by atoms with Gasteiger partial charge in [-0.15, -0.1) is 0 Å². The molecular formula is C26H34O11. The van der Waals surface area contributed by atoms with Gasteiger partial charge in [-0.1, -0.05) is 60.7 Å². The fraction of sp³-hybridized carbons (Fsp3) is 0.538. The van der Waals surface area contributed by atoms with E-state index in [4.69, 9.17) is 23.7 Å². The van der Waals surface area contributed by atoms with Crippen LogP contribution < -0.4 is 0 Å². The van der Waals surface area contributed by atoms with Gasteiger partial charge in [0.15, 0.2) is 12.6 Å². The third-order valence-electron chi connectivity index (χ3n) is 6.48. The zero-order valence-electron chi connectivity index (χ0n) is 20.1. The summed E-state index contributed by atoms with van der Waals surface area (Å²) in [6.45, 7) is -0.684. The first kappa shape index (κ1) is 28.0. The lowest BCUT2D eigenvalue weighted by Crippen LogP contribution is -2.62. The first-order chi connectivity index (χ1) is 17.9. The smallest absolute Gasteiger partial charge is 0.186 e. The Bertz CT molecular complexity index is 931. The van der Waals surface area contributed by atoms with Crippen LogP contribution in [0.4, 0.5) is 0 Å². The summed E-state index contributed by atoms with van der Waals surface area (Å²) in [7, 11) is 0. The van der Waals surface area contributed by atoms with Crippen LogP contribution in [0.1, 0.15) is 11.1 Å². The molecule has 10 atom stereocenters. The maximum Gasteiger partial charge on any atom is 0.186 e. The molecule has 4 rings (SSSR count). The van der Waals surface area contributed by atoms with E-state index in [1.165, 1.54) is 0 Å². The third-order valence-corrected chi connectivity index (χ3v) is 6.48. The Balaban J connectivity index is 1.43. The highest BCUT2D eigenvalue weighted by Gasteiger charge is 2.48. The van der Waals surface area contributed by atoms with Gasteiger partial charge in [-0.2, -0.15) is 0 Å². The van der Waals surface area contributed by atoms with Crippen LogP contribution in [0.25, 0.3) is 0 Å². The predicted molar refractivity (Wildman–Crippen MR) is 127 cm³/mol. The standard InChI is InChI=1S/C26H34O11/c27-11-17-19(28)21(30)22(31)26(37-17)35-14-18-20(29)23(33-12-15-7-3-1-4-8-15)24(25(32)36-18)34-13-16-9-5-2-6-10-16/h1-10,17-32H,11-14H2/t17-,18-,19+,20-,21+,22-,23+,24-,25+,26-/m1/s1. The van der Waals surface area contributed by atoms with Crippen molar-refractivity contribution < 1.29 is 54.3 Å². The quantitative estimate of drug-likeness (QED) is 0.228. The van der Waals surface area contributed by atoms with E-state index in [1.807, 2.05) is 60.7 Å². The van der Waals surface area contributed by atoms with Crippen molar-refractivity contribution >= 4 is 0 Å². The molecule has 0 amide bonds. The van der Waals surface area contributed by atoms with Crippen molar-refractivity contribution in [2.24, 2.45) is 0 Å². The predicted octanol–water partition coefficient (Wildman–Crippen LogP) is -0.948. The van der Waals surface area contributed by atoms with Crippen molar-refractivity contribution in [3.63, 3.8) is 0 Å². The van der Waals surface area contributed by atoms with Crippen LogP contribution in [0.5, 0.6) is 0 Å². The Labute approximate surface area is 214 Å². The van der Waals surface area contributed by atoms with Crippen molar-refractivity contribution in [1.82, 2.24) is 0 Å². The molecule has 37 heavy (non-hydrogen) atoms. The van der Waals surface area contributed by atoms with Gasteiger partial charge in [0.1, 0.15) is 48.8 Å². The fourth-order valence-electron chi connectivity index (χ4n) is 4.34. The van der Waals surface area contributed by atoms with Gasteiger partial charge >= 0.3 is 0 Å². The maximum absolute atomic E-state index is 11.1.